The molecule has 1 unspecified atom stereocenters. The molecule has 11 heteroatoms. The Balaban J connectivity index is 1.74. The van der Waals surface area contributed by atoms with Crippen LogP contribution in [0.25, 0.3) is 0 Å². The maximum absolute atomic E-state index is 13.3. The molecule has 1 N–H and O–H groups in total. The number of carbonyl (C=O) groups is 1. The Bertz CT molecular complexity index is 1370. The van der Waals surface area contributed by atoms with Crippen LogP contribution >= 0.6 is 22.9 Å². The van der Waals surface area contributed by atoms with Gasteiger partial charge in [-0.05, 0) is 48.6 Å². The van der Waals surface area contributed by atoms with Gasteiger partial charge in [0.1, 0.15) is 17.0 Å². The summed E-state index contributed by atoms with van der Waals surface area (Å²) in [6.45, 7) is 1.70. The Morgan fingerprint density at radius 2 is 2.14 bits per heavy atom. The van der Waals surface area contributed by atoms with E-state index in [2.05, 4.69) is 5.16 Å². The van der Waals surface area contributed by atoms with E-state index in [9.17, 15) is 13.2 Å². The van der Waals surface area contributed by atoms with Crippen LogP contribution in [-0.2, 0) is 16.4 Å². The van der Waals surface area contributed by atoms with Gasteiger partial charge in [-0.25, -0.2) is 13.1 Å². The van der Waals surface area contributed by atoms with Crippen LogP contribution in [0.2, 0.25) is 6.43 Å². The van der Waals surface area contributed by atoms with Crippen LogP contribution in [0.3, 0.4) is 0 Å². The predicted molar refractivity (Wildman–Crippen MR) is 107 cm³/mol. The third-order valence-electron chi connectivity index (χ3n) is 3.98. The molecular weight excluding hydrogens is 440 g/mol. The summed E-state index contributed by atoms with van der Waals surface area (Å²) in [5.74, 6) is -1.35. The molecule has 1 aliphatic rings. The minimum absolute atomic E-state index is 0.00392. The van der Waals surface area contributed by atoms with Crippen LogP contribution in [0.5, 0.6) is 11.5 Å². The smallest absolute Gasteiger partial charge is 0.265 e. The molecule has 8 nitrogen and oxygen atoms in total. The van der Waals surface area contributed by atoms with Gasteiger partial charge in [0, 0.05) is 9.11 Å². The zero-order valence-corrected chi connectivity index (χ0v) is 17.3. The van der Waals surface area contributed by atoms with Crippen molar-refractivity contribution in [1.29, 1.82) is 0 Å². The fourth-order valence-electron chi connectivity index (χ4n) is 2.52. The second kappa shape index (κ2) is 7.36. The Morgan fingerprint density at radius 3 is 2.83 bits per heavy atom. The molecule has 0 radical (unpaired) electrons. The number of hydrogen-bond donors (Lipinski definition) is 1. The molecule has 152 valence electrons. The molecule has 0 bridgehead atoms. The van der Waals surface area contributed by atoms with Crippen molar-refractivity contribution in [2.75, 3.05) is 11.5 Å². The monoisotopic (exact) mass is 458 g/mol. The molecule has 0 saturated carbocycles. The molecule has 29 heavy (non-hydrogen) atoms. The highest BCUT2D eigenvalue weighted by atomic mass is 35.5. The number of aromatic nitrogens is 1. The van der Waals surface area contributed by atoms with Crippen LogP contribution in [-0.4, -0.2) is 26.1 Å². The lowest BCUT2D eigenvalue weighted by Crippen LogP contribution is -2.16. The SMILES string of the molecule is [2H]C1Oc2cc(C)c(C([2H])([2H])C(=O)c3sccc3S(=O)(=O)N([2H])c3onc(C)c3Cl)cc2O1. The molecule has 3 heterocycles. The lowest BCUT2D eigenvalue weighted by atomic mass is 10.0. The normalized spacial score (nSPS) is 18.0. The number of ether oxygens (including phenoxy) is 2. The summed E-state index contributed by atoms with van der Waals surface area (Å²) in [6.07, 6.45) is -2.66. The van der Waals surface area contributed by atoms with Gasteiger partial charge in [-0.15, -0.1) is 11.3 Å². The van der Waals surface area contributed by atoms with Crippen molar-refractivity contribution in [1.82, 2.24) is 5.16 Å². The van der Waals surface area contributed by atoms with Gasteiger partial charge in [-0.1, -0.05) is 16.8 Å². The average Bonchev–Trinajstić information content (AvgIpc) is 3.45. The summed E-state index contributed by atoms with van der Waals surface area (Å²) in [5.41, 5.74) is 0.444. The number of Topliss-reactive ketones (excluding diaryl/α,β-unsaturated/α-hetero) is 1. The number of nitrogens with one attached hydrogen (secondary N) is 1. The summed E-state index contributed by atoms with van der Waals surface area (Å²) in [7, 11) is -4.67. The predicted octanol–water partition coefficient (Wildman–Crippen LogP) is 3.96. The number of anilines is 1. The third-order valence-corrected chi connectivity index (χ3v) is 6.76. The summed E-state index contributed by atoms with van der Waals surface area (Å²) in [5, 5.41) is 4.63. The van der Waals surface area contributed by atoms with Gasteiger partial charge in [-0.2, -0.15) is 0 Å². The summed E-state index contributed by atoms with van der Waals surface area (Å²) in [6, 6.07) is 3.79. The van der Waals surface area contributed by atoms with Gasteiger partial charge in [0.05, 0.1) is 4.88 Å². The van der Waals surface area contributed by atoms with Crippen molar-refractivity contribution in [3.8, 4) is 11.5 Å². The maximum atomic E-state index is 13.3. The minimum Gasteiger partial charge on any atom is -0.454 e. The number of carbonyl (C=O) groups excluding carboxylic acids is 1. The highest BCUT2D eigenvalue weighted by molar-refractivity contribution is 7.93. The first kappa shape index (κ1) is 15.3. The van der Waals surface area contributed by atoms with Crippen LogP contribution in [0.1, 0.15) is 30.6 Å². The Hall–Kier alpha value is -2.56. The quantitative estimate of drug-likeness (QED) is 0.557. The summed E-state index contributed by atoms with van der Waals surface area (Å²) in [4.78, 5) is 12.3. The molecule has 3 aromatic rings. The van der Waals surface area contributed by atoms with Crippen molar-refractivity contribution < 1.29 is 32.7 Å². The number of aryl methyl sites for hydroxylation is 2. The van der Waals surface area contributed by atoms with Crippen LogP contribution < -0.4 is 14.2 Å². The number of thiophene rings is 1. The zero-order valence-electron chi connectivity index (χ0n) is 18.9. The van der Waals surface area contributed by atoms with Gasteiger partial charge < -0.3 is 14.0 Å². The lowest BCUT2D eigenvalue weighted by Gasteiger charge is -2.09. The first-order valence-corrected chi connectivity index (χ1v) is 10.7. The van der Waals surface area contributed by atoms with E-state index < -0.39 is 44.6 Å². The minimum atomic E-state index is -4.67. The Morgan fingerprint density at radius 1 is 1.41 bits per heavy atom. The first-order valence-electron chi connectivity index (χ1n) is 10.1. The van der Waals surface area contributed by atoms with E-state index in [0.29, 0.717) is 16.9 Å². The maximum Gasteiger partial charge on any atom is 0.265 e. The van der Waals surface area contributed by atoms with Crippen molar-refractivity contribution in [2.24, 2.45) is 0 Å². The fraction of sp³-hybridized carbons (Fsp3) is 0.222. The third kappa shape index (κ3) is 3.70. The van der Waals surface area contributed by atoms with Crippen LogP contribution in [0.15, 0.2) is 33.0 Å². The molecule has 1 aromatic carbocycles. The van der Waals surface area contributed by atoms with Gasteiger partial charge >= 0.3 is 0 Å². The largest absolute Gasteiger partial charge is 0.454 e. The Labute approximate surface area is 181 Å². The molecule has 0 aliphatic carbocycles. The van der Waals surface area contributed by atoms with E-state index in [1.54, 1.807) is 6.92 Å². The number of sulfonamides is 1. The number of hydrogen-bond acceptors (Lipinski definition) is 8. The molecular formula is C18H15ClN2O6S2. The van der Waals surface area contributed by atoms with Gasteiger partial charge in [0.2, 0.25) is 6.77 Å². The molecule has 1 aliphatic heterocycles. The molecule has 2 aromatic heterocycles. The standard InChI is InChI=1S/C18H15ClN2O6S2/c1-9-5-13-14(26-8-25-13)7-11(9)6-12(22)17-15(3-4-28-17)29(23,24)21-18-16(19)10(2)20-27-18/h3-5,7,21H,6,8H2,1-2H3/i6D2,8D/hD. The summed E-state index contributed by atoms with van der Waals surface area (Å²) >= 11 is 6.67. The van der Waals surface area contributed by atoms with E-state index in [1.807, 2.05) is 0 Å². The van der Waals surface area contributed by atoms with Crippen molar-refractivity contribution in [2.45, 2.75) is 25.1 Å². The number of halogens is 1. The average molecular weight is 459 g/mol. The van der Waals surface area contributed by atoms with Gasteiger partial charge in [-0.3, -0.25) is 4.79 Å². The van der Waals surface area contributed by atoms with Crippen LogP contribution in [0, 0.1) is 13.8 Å². The van der Waals surface area contributed by atoms with E-state index in [1.165, 1.54) is 24.4 Å². The van der Waals surface area contributed by atoms with E-state index in [-0.39, 0.29) is 32.5 Å². The van der Waals surface area contributed by atoms with Crippen molar-refractivity contribution in [3.63, 3.8) is 0 Å². The van der Waals surface area contributed by atoms with Crippen molar-refractivity contribution in [3.05, 3.63) is 50.3 Å². The molecule has 1 atom stereocenters. The number of fused-ring (bicyclic) bond motifs is 1. The summed E-state index contributed by atoms with van der Waals surface area (Å²) < 4.78 is 73.8. The molecule has 0 amide bonds. The molecule has 4 rings (SSSR count). The van der Waals surface area contributed by atoms with E-state index in [0.717, 1.165) is 6.07 Å². The second-order valence-corrected chi connectivity index (χ2v) is 8.83. The first-order chi connectivity index (χ1) is 15.4. The van der Waals surface area contributed by atoms with Crippen molar-refractivity contribution >= 4 is 44.6 Å². The number of rotatable bonds is 6. The van der Waals surface area contributed by atoms with Gasteiger partial charge in [0.15, 0.2) is 18.7 Å². The number of nitrogens with zero attached hydrogens (tertiary/aromatic N) is 1. The topological polar surface area (TPSA) is 108 Å². The lowest BCUT2D eigenvalue weighted by molar-refractivity contribution is 0.0994. The molecule has 0 fully saturated rings. The van der Waals surface area contributed by atoms with Crippen LogP contribution in [0.4, 0.5) is 5.88 Å². The molecule has 0 saturated heterocycles. The zero-order chi connectivity index (χ0) is 24.3. The highest BCUT2D eigenvalue weighted by Gasteiger charge is 2.27. The molecule has 0 spiro atoms. The van der Waals surface area contributed by atoms with E-state index >= 15 is 0 Å². The second-order valence-electron chi connectivity index (χ2n) is 5.97. The Kier molecular flexibility index (Phi) is 3.88. The van der Waals surface area contributed by atoms with E-state index in [4.69, 9.17) is 31.1 Å². The van der Waals surface area contributed by atoms with Gasteiger partial charge in [0.25, 0.3) is 15.9 Å². The number of ketones is 1. The highest BCUT2D eigenvalue weighted by Crippen LogP contribution is 2.36. The fourth-order valence-corrected chi connectivity index (χ4v) is 4.91. The number of benzene rings is 1.